The molecule has 0 saturated carbocycles. The summed E-state index contributed by atoms with van der Waals surface area (Å²) < 4.78 is 5.64. The molecule has 4 nitrogen and oxygen atoms in total. The Kier molecular flexibility index (Phi) is 5.56. The van der Waals surface area contributed by atoms with E-state index >= 15 is 0 Å². The summed E-state index contributed by atoms with van der Waals surface area (Å²) in [5.41, 5.74) is 2.07. The third-order valence-electron chi connectivity index (χ3n) is 3.57. The lowest BCUT2D eigenvalue weighted by molar-refractivity contribution is -0.123. The van der Waals surface area contributed by atoms with Crippen molar-refractivity contribution >= 4 is 11.6 Å². The van der Waals surface area contributed by atoms with Crippen molar-refractivity contribution in [2.45, 2.75) is 38.7 Å². The molecular weight excluding hydrogens is 252 g/mol. The van der Waals surface area contributed by atoms with Gasteiger partial charge < -0.3 is 15.4 Å². The van der Waals surface area contributed by atoms with Gasteiger partial charge in [-0.2, -0.15) is 0 Å². The Balaban J connectivity index is 1.80. The number of nitrogens with one attached hydrogen (secondary N) is 2. The Hall–Kier alpha value is -1.39. The standard InChI is InChI=1S/C16H24N2O2/c1-12(2)13-4-3-5-14(10-13)18-16(19)11-20-15-6-8-17-9-7-15/h3-5,10,12,15,17H,6-9,11H2,1-2H3,(H,18,19). The van der Waals surface area contributed by atoms with Gasteiger partial charge in [0.2, 0.25) is 5.91 Å². The van der Waals surface area contributed by atoms with Gasteiger partial charge in [0.1, 0.15) is 6.61 Å². The molecule has 1 aliphatic heterocycles. The first-order valence-corrected chi connectivity index (χ1v) is 7.37. The van der Waals surface area contributed by atoms with E-state index in [2.05, 4.69) is 30.5 Å². The van der Waals surface area contributed by atoms with Crippen LogP contribution in [-0.2, 0) is 9.53 Å². The number of carbonyl (C=O) groups is 1. The molecule has 0 atom stereocenters. The van der Waals surface area contributed by atoms with Gasteiger partial charge in [-0.05, 0) is 49.5 Å². The highest BCUT2D eigenvalue weighted by Crippen LogP contribution is 2.18. The highest BCUT2D eigenvalue weighted by molar-refractivity contribution is 5.91. The highest BCUT2D eigenvalue weighted by atomic mass is 16.5. The van der Waals surface area contributed by atoms with Crippen LogP contribution in [0.15, 0.2) is 24.3 Å². The van der Waals surface area contributed by atoms with Crippen LogP contribution in [0.1, 0.15) is 38.2 Å². The lowest BCUT2D eigenvalue weighted by Gasteiger charge is -2.22. The number of rotatable bonds is 5. The Labute approximate surface area is 120 Å². The van der Waals surface area contributed by atoms with Crippen molar-refractivity contribution in [3.8, 4) is 0 Å². The van der Waals surface area contributed by atoms with Crippen molar-refractivity contribution in [1.29, 1.82) is 0 Å². The predicted molar refractivity (Wildman–Crippen MR) is 81.0 cm³/mol. The lowest BCUT2D eigenvalue weighted by Crippen LogP contribution is -2.34. The van der Waals surface area contributed by atoms with Gasteiger partial charge in [-0.3, -0.25) is 4.79 Å². The second-order valence-corrected chi connectivity index (χ2v) is 5.59. The van der Waals surface area contributed by atoms with Crippen molar-refractivity contribution < 1.29 is 9.53 Å². The molecule has 1 saturated heterocycles. The highest BCUT2D eigenvalue weighted by Gasteiger charge is 2.14. The third-order valence-corrected chi connectivity index (χ3v) is 3.57. The molecule has 0 spiro atoms. The molecule has 1 heterocycles. The number of carbonyl (C=O) groups excluding carboxylic acids is 1. The van der Waals surface area contributed by atoms with Crippen LogP contribution < -0.4 is 10.6 Å². The van der Waals surface area contributed by atoms with Crippen LogP contribution in [0.4, 0.5) is 5.69 Å². The fourth-order valence-corrected chi connectivity index (χ4v) is 2.33. The van der Waals surface area contributed by atoms with Crippen molar-refractivity contribution in [3.63, 3.8) is 0 Å². The molecule has 0 unspecified atom stereocenters. The summed E-state index contributed by atoms with van der Waals surface area (Å²) in [5.74, 6) is 0.377. The fourth-order valence-electron chi connectivity index (χ4n) is 2.33. The number of hydrogen-bond donors (Lipinski definition) is 2. The molecule has 1 aromatic rings. The third kappa shape index (κ3) is 4.62. The molecular formula is C16H24N2O2. The van der Waals surface area contributed by atoms with Gasteiger partial charge in [-0.15, -0.1) is 0 Å². The first-order valence-electron chi connectivity index (χ1n) is 7.37. The van der Waals surface area contributed by atoms with E-state index in [0.29, 0.717) is 5.92 Å². The second-order valence-electron chi connectivity index (χ2n) is 5.59. The summed E-state index contributed by atoms with van der Waals surface area (Å²) in [6, 6.07) is 7.98. The van der Waals surface area contributed by atoms with E-state index in [-0.39, 0.29) is 18.6 Å². The second kappa shape index (κ2) is 7.41. The average Bonchev–Trinajstić information content (AvgIpc) is 2.46. The lowest BCUT2D eigenvalue weighted by atomic mass is 10.0. The molecule has 0 aromatic heterocycles. The molecule has 0 bridgehead atoms. The van der Waals surface area contributed by atoms with E-state index in [1.807, 2.05) is 18.2 Å². The zero-order chi connectivity index (χ0) is 14.4. The summed E-state index contributed by atoms with van der Waals surface area (Å²) in [6.07, 6.45) is 2.18. The van der Waals surface area contributed by atoms with Gasteiger partial charge in [0.15, 0.2) is 0 Å². The molecule has 1 fully saturated rings. The molecule has 1 aromatic carbocycles. The minimum absolute atomic E-state index is 0.0792. The normalized spacial score (nSPS) is 16.4. The maximum absolute atomic E-state index is 11.9. The zero-order valence-electron chi connectivity index (χ0n) is 12.3. The molecule has 20 heavy (non-hydrogen) atoms. The SMILES string of the molecule is CC(C)c1cccc(NC(=O)COC2CCNCC2)c1. The summed E-state index contributed by atoms with van der Waals surface area (Å²) in [6.45, 7) is 6.37. The van der Waals surface area contributed by atoms with Gasteiger partial charge in [0.05, 0.1) is 6.10 Å². The monoisotopic (exact) mass is 276 g/mol. The van der Waals surface area contributed by atoms with Crippen molar-refractivity contribution in [2.75, 3.05) is 25.0 Å². The van der Waals surface area contributed by atoms with Gasteiger partial charge >= 0.3 is 0 Å². The van der Waals surface area contributed by atoms with Gasteiger partial charge in [0, 0.05) is 5.69 Å². The van der Waals surface area contributed by atoms with Crippen LogP contribution in [-0.4, -0.2) is 31.7 Å². The van der Waals surface area contributed by atoms with Crippen LogP contribution in [0.25, 0.3) is 0 Å². The smallest absolute Gasteiger partial charge is 0.250 e. The Morgan fingerprint density at radius 3 is 2.85 bits per heavy atom. The van der Waals surface area contributed by atoms with E-state index in [0.717, 1.165) is 31.6 Å². The summed E-state index contributed by atoms with van der Waals surface area (Å²) in [4.78, 5) is 11.9. The van der Waals surface area contributed by atoms with E-state index in [9.17, 15) is 4.79 Å². The molecule has 110 valence electrons. The quantitative estimate of drug-likeness (QED) is 0.869. The molecule has 4 heteroatoms. The van der Waals surface area contributed by atoms with Crippen molar-refractivity contribution in [2.24, 2.45) is 0 Å². The van der Waals surface area contributed by atoms with Gasteiger partial charge in [-0.25, -0.2) is 0 Å². The molecule has 2 rings (SSSR count). The number of hydrogen-bond acceptors (Lipinski definition) is 3. The number of piperidine rings is 1. The fraction of sp³-hybridized carbons (Fsp3) is 0.562. The van der Waals surface area contributed by atoms with E-state index in [1.165, 1.54) is 5.56 Å². The van der Waals surface area contributed by atoms with E-state index in [4.69, 9.17) is 4.74 Å². The first-order chi connectivity index (χ1) is 9.65. The van der Waals surface area contributed by atoms with E-state index in [1.54, 1.807) is 0 Å². The average molecular weight is 276 g/mol. The maximum atomic E-state index is 11.9. The Morgan fingerprint density at radius 1 is 1.40 bits per heavy atom. The molecule has 0 radical (unpaired) electrons. The molecule has 0 aliphatic carbocycles. The van der Waals surface area contributed by atoms with Crippen LogP contribution >= 0.6 is 0 Å². The Morgan fingerprint density at radius 2 is 2.15 bits per heavy atom. The topological polar surface area (TPSA) is 50.4 Å². The van der Waals surface area contributed by atoms with Gasteiger partial charge in [0.25, 0.3) is 0 Å². The number of benzene rings is 1. The van der Waals surface area contributed by atoms with E-state index < -0.39 is 0 Å². The van der Waals surface area contributed by atoms with Gasteiger partial charge in [-0.1, -0.05) is 26.0 Å². The Bertz CT molecular complexity index is 440. The number of amides is 1. The minimum atomic E-state index is -0.0792. The number of anilines is 1. The molecule has 2 N–H and O–H groups in total. The molecule has 1 amide bonds. The largest absolute Gasteiger partial charge is 0.368 e. The predicted octanol–water partition coefficient (Wildman–Crippen LogP) is 2.52. The summed E-state index contributed by atoms with van der Waals surface area (Å²) in [5, 5.41) is 6.18. The van der Waals surface area contributed by atoms with Crippen LogP contribution in [0.2, 0.25) is 0 Å². The van der Waals surface area contributed by atoms with Crippen molar-refractivity contribution in [3.05, 3.63) is 29.8 Å². The van der Waals surface area contributed by atoms with Crippen LogP contribution in [0.5, 0.6) is 0 Å². The summed E-state index contributed by atoms with van der Waals surface area (Å²) >= 11 is 0. The maximum Gasteiger partial charge on any atom is 0.250 e. The number of ether oxygens (including phenoxy) is 1. The molecule has 1 aliphatic rings. The minimum Gasteiger partial charge on any atom is -0.368 e. The van der Waals surface area contributed by atoms with Crippen molar-refractivity contribution in [1.82, 2.24) is 5.32 Å². The first kappa shape index (κ1) is 15.0. The zero-order valence-corrected chi connectivity index (χ0v) is 12.3. The van der Waals surface area contributed by atoms with Crippen LogP contribution in [0, 0.1) is 0 Å². The van der Waals surface area contributed by atoms with Crippen LogP contribution in [0.3, 0.4) is 0 Å². The summed E-state index contributed by atoms with van der Waals surface area (Å²) in [7, 11) is 0.